The molecule has 0 bridgehead atoms. The van der Waals surface area contributed by atoms with Gasteiger partial charge >= 0.3 is 0 Å². The number of nitrogens with one attached hydrogen (secondary N) is 1. The Hall–Kier alpha value is -1.06. The maximum atomic E-state index is 5.91. The van der Waals surface area contributed by atoms with Gasteiger partial charge in [-0.3, -0.25) is 0 Å². The summed E-state index contributed by atoms with van der Waals surface area (Å²) in [5.74, 6) is 1.05. The van der Waals surface area contributed by atoms with Crippen molar-refractivity contribution in [2.75, 3.05) is 26.4 Å². The van der Waals surface area contributed by atoms with Crippen molar-refractivity contribution in [3.63, 3.8) is 0 Å². The molecule has 0 saturated carbocycles. The summed E-state index contributed by atoms with van der Waals surface area (Å²) in [4.78, 5) is 0. The zero-order valence-electron chi connectivity index (χ0n) is 12.8. The summed E-state index contributed by atoms with van der Waals surface area (Å²) >= 11 is 0. The van der Waals surface area contributed by atoms with E-state index in [0.29, 0.717) is 19.3 Å². The van der Waals surface area contributed by atoms with Gasteiger partial charge < -0.3 is 14.8 Å². The molecule has 0 radical (unpaired) electrons. The van der Waals surface area contributed by atoms with Crippen molar-refractivity contribution in [2.24, 2.45) is 0 Å². The second-order valence-electron chi connectivity index (χ2n) is 5.27. The number of hydrogen-bond acceptors (Lipinski definition) is 3. The Morgan fingerprint density at radius 3 is 2.95 bits per heavy atom. The molecule has 3 heteroatoms. The van der Waals surface area contributed by atoms with Crippen LogP contribution < -0.4 is 10.1 Å². The van der Waals surface area contributed by atoms with E-state index in [1.165, 1.54) is 30.4 Å². The summed E-state index contributed by atoms with van der Waals surface area (Å²) in [6.45, 7) is 7.35. The van der Waals surface area contributed by atoms with E-state index in [1.54, 1.807) is 0 Å². The van der Waals surface area contributed by atoms with Crippen LogP contribution >= 0.6 is 0 Å². The van der Waals surface area contributed by atoms with Crippen molar-refractivity contribution in [2.45, 2.75) is 45.6 Å². The van der Waals surface area contributed by atoms with Crippen LogP contribution in [-0.4, -0.2) is 26.4 Å². The third-order valence-electron chi connectivity index (χ3n) is 3.79. The quantitative estimate of drug-likeness (QED) is 0.738. The molecular formula is C17H27NO2. The van der Waals surface area contributed by atoms with Gasteiger partial charge in [-0.1, -0.05) is 19.1 Å². The predicted molar refractivity (Wildman–Crippen MR) is 82.4 cm³/mol. The Morgan fingerprint density at radius 2 is 2.15 bits per heavy atom. The predicted octanol–water partition coefficient (Wildman–Crippen LogP) is 3.48. The molecule has 20 heavy (non-hydrogen) atoms. The topological polar surface area (TPSA) is 30.5 Å². The maximum absolute atomic E-state index is 5.91. The van der Waals surface area contributed by atoms with Gasteiger partial charge in [0.25, 0.3) is 0 Å². The zero-order chi connectivity index (χ0) is 14.2. The van der Waals surface area contributed by atoms with Crippen LogP contribution in [0.25, 0.3) is 0 Å². The van der Waals surface area contributed by atoms with Crippen molar-refractivity contribution >= 4 is 0 Å². The smallest absolute Gasteiger partial charge is 0.122 e. The van der Waals surface area contributed by atoms with Crippen LogP contribution in [0.15, 0.2) is 18.2 Å². The van der Waals surface area contributed by atoms with Gasteiger partial charge in [-0.2, -0.15) is 0 Å². The van der Waals surface area contributed by atoms with Crippen LogP contribution in [0.1, 0.15) is 50.3 Å². The molecule has 0 aromatic heterocycles. The molecule has 0 heterocycles. The molecule has 0 fully saturated rings. The first-order valence-electron chi connectivity index (χ1n) is 7.92. The molecule has 1 atom stereocenters. The van der Waals surface area contributed by atoms with Gasteiger partial charge in [-0.15, -0.1) is 0 Å². The summed E-state index contributed by atoms with van der Waals surface area (Å²) < 4.78 is 11.2. The lowest BCUT2D eigenvalue weighted by Crippen LogP contribution is -2.26. The molecule has 3 nitrogen and oxygen atoms in total. The fraction of sp³-hybridized carbons (Fsp3) is 0.647. The highest BCUT2D eigenvalue weighted by molar-refractivity contribution is 5.43. The van der Waals surface area contributed by atoms with Crippen molar-refractivity contribution < 1.29 is 9.47 Å². The van der Waals surface area contributed by atoms with Gasteiger partial charge in [-0.25, -0.2) is 0 Å². The van der Waals surface area contributed by atoms with E-state index in [2.05, 4.69) is 30.4 Å². The summed E-state index contributed by atoms with van der Waals surface area (Å²) in [5, 5.41) is 3.65. The van der Waals surface area contributed by atoms with Crippen molar-refractivity contribution in [1.29, 1.82) is 0 Å². The standard InChI is InChI=1S/C17H27NO2/c1-3-11-18-16-9-5-8-15-14(16)7-6-10-17(15)20-13-12-19-4-2/h6-7,10,16,18H,3-5,8-9,11-13H2,1-2H3. The number of fused-ring (bicyclic) bond motifs is 1. The minimum Gasteiger partial charge on any atom is -0.491 e. The second-order valence-corrected chi connectivity index (χ2v) is 5.27. The first-order chi connectivity index (χ1) is 9.86. The van der Waals surface area contributed by atoms with Crippen LogP contribution in [0.2, 0.25) is 0 Å². The molecule has 0 spiro atoms. The van der Waals surface area contributed by atoms with Gasteiger partial charge in [0, 0.05) is 12.6 Å². The maximum Gasteiger partial charge on any atom is 0.122 e. The van der Waals surface area contributed by atoms with E-state index in [-0.39, 0.29) is 0 Å². The SMILES string of the molecule is CCCNC1CCCc2c(OCCOCC)cccc21. The number of benzene rings is 1. The molecule has 0 aliphatic heterocycles. The highest BCUT2D eigenvalue weighted by atomic mass is 16.5. The molecular weight excluding hydrogens is 250 g/mol. The van der Waals surface area contributed by atoms with Gasteiger partial charge in [0.15, 0.2) is 0 Å². The Morgan fingerprint density at radius 1 is 1.25 bits per heavy atom. The minimum absolute atomic E-state index is 0.495. The number of rotatable bonds is 8. The molecule has 1 aliphatic rings. The van der Waals surface area contributed by atoms with Crippen LogP contribution in [0.3, 0.4) is 0 Å². The average Bonchev–Trinajstić information content (AvgIpc) is 2.49. The minimum atomic E-state index is 0.495. The van der Waals surface area contributed by atoms with E-state index in [0.717, 1.165) is 25.3 Å². The lowest BCUT2D eigenvalue weighted by atomic mass is 9.87. The van der Waals surface area contributed by atoms with E-state index < -0.39 is 0 Å². The normalized spacial score (nSPS) is 17.8. The van der Waals surface area contributed by atoms with Crippen molar-refractivity contribution in [1.82, 2.24) is 5.32 Å². The van der Waals surface area contributed by atoms with Gasteiger partial charge in [-0.05, 0) is 56.3 Å². The number of hydrogen-bond donors (Lipinski definition) is 1. The number of ether oxygens (including phenoxy) is 2. The largest absolute Gasteiger partial charge is 0.491 e. The van der Waals surface area contributed by atoms with Gasteiger partial charge in [0.1, 0.15) is 12.4 Å². The molecule has 2 rings (SSSR count). The van der Waals surface area contributed by atoms with Gasteiger partial charge in [0.2, 0.25) is 0 Å². The van der Waals surface area contributed by atoms with Crippen LogP contribution in [0.4, 0.5) is 0 Å². The summed E-state index contributed by atoms with van der Waals surface area (Å²) in [6.07, 6.45) is 4.77. The molecule has 1 aromatic carbocycles. The molecule has 0 amide bonds. The monoisotopic (exact) mass is 277 g/mol. The van der Waals surface area contributed by atoms with Crippen LogP contribution in [0.5, 0.6) is 5.75 Å². The lowest BCUT2D eigenvalue weighted by Gasteiger charge is -2.28. The molecule has 112 valence electrons. The molecule has 1 N–H and O–H groups in total. The highest BCUT2D eigenvalue weighted by Crippen LogP contribution is 2.35. The van der Waals surface area contributed by atoms with E-state index in [1.807, 2.05) is 6.92 Å². The summed E-state index contributed by atoms with van der Waals surface area (Å²) in [7, 11) is 0. The average molecular weight is 277 g/mol. The fourth-order valence-electron chi connectivity index (χ4n) is 2.84. The van der Waals surface area contributed by atoms with E-state index in [4.69, 9.17) is 9.47 Å². The van der Waals surface area contributed by atoms with E-state index in [9.17, 15) is 0 Å². The second kappa shape index (κ2) is 8.28. The third-order valence-corrected chi connectivity index (χ3v) is 3.79. The molecule has 1 aromatic rings. The summed E-state index contributed by atoms with van der Waals surface area (Å²) in [5.41, 5.74) is 2.82. The molecule has 1 aliphatic carbocycles. The first-order valence-corrected chi connectivity index (χ1v) is 7.92. The first kappa shape index (κ1) is 15.3. The van der Waals surface area contributed by atoms with Crippen molar-refractivity contribution in [3.8, 4) is 5.75 Å². The molecule has 0 saturated heterocycles. The lowest BCUT2D eigenvalue weighted by molar-refractivity contribution is 0.109. The Kier molecular flexibility index (Phi) is 6.34. The zero-order valence-corrected chi connectivity index (χ0v) is 12.8. The van der Waals surface area contributed by atoms with Gasteiger partial charge in [0.05, 0.1) is 6.61 Å². The van der Waals surface area contributed by atoms with E-state index >= 15 is 0 Å². The Bertz CT molecular complexity index is 406. The van der Waals surface area contributed by atoms with Crippen LogP contribution in [0, 0.1) is 0 Å². The summed E-state index contributed by atoms with van der Waals surface area (Å²) in [6, 6.07) is 6.94. The molecule has 1 unspecified atom stereocenters. The Labute approximate surface area is 122 Å². The fourth-order valence-corrected chi connectivity index (χ4v) is 2.84. The highest BCUT2D eigenvalue weighted by Gasteiger charge is 2.22. The van der Waals surface area contributed by atoms with Crippen molar-refractivity contribution in [3.05, 3.63) is 29.3 Å². The Balaban J connectivity index is 2.04. The van der Waals surface area contributed by atoms with Crippen LogP contribution in [-0.2, 0) is 11.2 Å². The third kappa shape index (κ3) is 3.97.